The highest BCUT2D eigenvalue weighted by atomic mass is 19.1. The first-order valence-electron chi connectivity index (χ1n) is 7.17. The monoisotopic (exact) mass is 279 g/mol. The first-order chi connectivity index (χ1) is 9.47. The Balaban J connectivity index is 2.09. The van der Waals surface area contributed by atoms with E-state index in [0.29, 0.717) is 25.9 Å². The van der Waals surface area contributed by atoms with Gasteiger partial charge in [-0.1, -0.05) is 19.4 Å². The molecular formula is C16H22FNO2. The van der Waals surface area contributed by atoms with Gasteiger partial charge < -0.3 is 5.11 Å². The maximum Gasteiger partial charge on any atom is 0.310 e. The molecule has 1 unspecified atom stereocenters. The molecule has 0 spiro atoms. The summed E-state index contributed by atoms with van der Waals surface area (Å²) in [5, 5.41) is 9.49. The number of carbonyl (C=O) groups is 1. The van der Waals surface area contributed by atoms with Crippen LogP contribution >= 0.6 is 0 Å². The quantitative estimate of drug-likeness (QED) is 0.899. The average Bonchev–Trinajstić information content (AvgIpc) is 2.79. The Kier molecular flexibility index (Phi) is 4.43. The standard InChI is InChI=1S/C16H22FNO2/c1-3-6-16(15(19)20)7-8-18(11-16)10-13-9-14(17)5-4-12(13)2/h4-5,9H,3,6-8,10-11H2,1-2H3,(H,19,20). The molecule has 0 aromatic heterocycles. The fourth-order valence-electron chi connectivity index (χ4n) is 3.11. The van der Waals surface area contributed by atoms with E-state index < -0.39 is 11.4 Å². The second kappa shape index (κ2) is 5.92. The number of benzene rings is 1. The molecule has 110 valence electrons. The van der Waals surface area contributed by atoms with Crippen molar-refractivity contribution in [1.29, 1.82) is 0 Å². The van der Waals surface area contributed by atoms with Crippen LogP contribution in [0.15, 0.2) is 18.2 Å². The predicted molar refractivity (Wildman–Crippen MR) is 76.0 cm³/mol. The highest BCUT2D eigenvalue weighted by Crippen LogP contribution is 2.36. The van der Waals surface area contributed by atoms with Gasteiger partial charge in [0.15, 0.2) is 0 Å². The fourth-order valence-corrected chi connectivity index (χ4v) is 3.11. The molecule has 20 heavy (non-hydrogen) atoms. The van der Waals surface area contributed by atoms with Gasteiger partial charge in [0.1, 0.15) is 5.82 Å². The predicted octanol–water partition coefficient (Wildman–Crippen LogP) is 3.21. The van der Waals surface area contributed by atoms with E-state index in [0.717, 1.165) is 24.1 Å². The SMILES string of the molecule is CCCC1(C(=O)O)CCN(Cc2cc(F)ccc2C)C1. The van der Waals surface area contributed by atoms with Crippen molar-refractivity contribution in [1.82, 2.24) is 4.90 Å². The summed E-state index contributed by atoms with van der Waals surface area (Å²) in [7, 11) is 0. The molecular weight excluding hydrogens is 257 g/mol. The van der Waals surface area contributed by atoms with Crippen molar-refractivity contribution in [3.05, 3.63) is 35.1 Å². The van der Waals surface area contributed by atoms with Crippen molar-refractivity contribution < 1.29 is 14.3 Å². The van der Waals surface area contributed by atoms with E-state index in [1.165, 1.54) is 6.07 Å². The fraction of sp³-hybridized carbons (Fsp3) is 0.562. The van der Waals surface area contributed by atoms with Crippen molar-refractivity contribution in [3.63, 3.8) is 0 Å². The third-order valence-electron chi connectivity index (χ3n) is 4.32. The van der Waals surface area contributed by atoms with E-state index in [1.807, 2.05) is 13.8 Å². The van der Waals surface area contributed by atoms with Gasteiger partial charge in [-0.05, 0) is 49.6 Å². The molecule has 1 aliphatic heterocycles. The molecule has 4 heteroatoms. The lowest BCUT2D eigenvalue weighted by molar-refractivity contribution is -0.148. The van der Waals surface area contributed by atoms with Gasteiger partial charge in [-0.3, -0.25) is 9.69 Å². The highest BCUT2D eigenvalue weighted by molar-refractivity contribution is 5.75. The lowest BCUT2D eigenvalue weighted by Crippen LogP contribution is -2.34. The van der Waals surface area contributed by atoms with Gasteiger partial charge >= 0.3 is 5.97 Å². The Bertz CT molecular complexity index is 503. The number of rotatable bonds is 5. The van der Waals surface area contributed by atoms with Crippen molar-refractivity contribution in [2.75, 3.05) is 13.1 Å². The van der Waals surface area contributed by atoms with Gasteiger partial charge in [-0.15, -0.1) is 0 Å². The first-order valence-corrected chi connectivity index (χ1v) is 7.17. The van der Waals surface area contributed by atoms with Crippen LogP contribution in [0.3, 0.4) is 0 Å². The molecule has 1 aromatic carbocycles. The van der Waals surface area contributed by atoms with Crippen LogP contribution in [0.25, 0.3) is 0 Å². The zero-order valence-corrected chi connectivity index (χ0v) is 12.2. The minimum absolute atomic E-state index is 0.233. The Morgan fingerprint density at radius 3 is 2.90 bits per heavy atom. The van der Waals surface area contributed by atoms with Crippen LogP contribution in [0.1, 0.15) is 37.3 Å². The molecule has 1 atom stereocenters. The summed E-state index contributed by atoms with van der Waals surface area (Å²) in [4.78, 5) is 13.7. The van der Waals surface area contributed by atoms with Gasteiger partial charge in [-0.25, -0.2) is 4.39 Å². The minimum Gasteiger partial charge on any atom is -0.481 e. The van der Waals surface area contributed by atoms with Gasteiger partial charge in [0.2, 0.25) is 0 Å². The zero-order valence-electron chi connectivity index (χ0n) is 12.2. The smallest absolute Gasteiger partial charge is 0.310 e. The van der Waals surface area contributed by atoms with Crippen LogP contribution in [0.2, 0.25) is 0 Å². The van der Waals surface area contributed by atoms with Crippen molar-refractivity contribution in [3.8, 4) is 0 Å². The van der Waals surface area contributed by atoms with Gasteiger partial charge in [0.25, 0.3) is 0 Å². The molecule has 1 saturated heterocycles. The van der Waals surface area contributed by atoms with E-state index in [4.69, 9.17) is 0 Å². The molecule has 1 fully saturated rings. The van der Waals surface area contributed by atoms with Crippen LogP contribution in [-0.4, -0.2) is 29.1 Å². The normalized spacial score (nSPS) is 23.1. The van der Waals surface area contributed by atoms with Crippen LogP contribution in [-0.2, 0) is 11.3 Å². The third-order valence-corrected chi connectivity index (χ3v) is 4.32. The molecule has 0 aliphatic carbocycles. The topological polar surface area (TPSA) is 40.5 Å². The molecule has 1 aliphatic rings. The van der Waals surface area contributed by atoms with Crippen LogP contribution < -0.4 is 0 Å². The van der Waals surface area contributed by atoms with Crippen molar-refractivity contribution >= 4 is 5.97 Å². The molecule has 2 rings (SSSR count). The minimum atomic E-state index is -0.696. The van der Waals surface area contributed by atoms with E-state index in [2.05, 4.69) is 4.90 Å². The Morgan fingerprint density at radius 2 is 2.25 bits per heavy atom. The summed E-state index contributed by atoms with van der Waals surface area (Å²) in [6.45, 7) is 5.93. The number of hydrogen-bond donors (Lipinski definition) is 1. The molecule has 0 amide bonds. The number of aryl methyl sites for hydroxylation is 1. The molecule has 0 saturated carbocycles. The maximum atomic E-state index is 13.3. The average molecular weight is 279 g/mol. The summed E-state index contributed by atoms with van der Waals surface area (Å²) in [6.07, 6.45) is 2.27. The third kappa shape index (κ3) is 3.01. The lowest BCUT2D eigenvalue weighted by Gasteiger charge is -2.24. The molecule has 1 N–H and O–H groups in total. The molecule has 0 bridgehead atoms. The molecule has 3 nitrogen and oxygen atoms in total. The Hall–Kier alpha value is -1.42. The first kappa shape index (κ1) is 15.0. The molecule has 0 radical (unpaired) electrons. The van der Waals surface area contributed by atoms with Crippen molar-refractivity contribution in [2.24, 2.45) is 5.41 Å². The summed E-state index contributed by atoms with van der Waals surface area (Å²) < 4.78 is 13.3. The van der Waals surface area contributed by atoms with Gasteiger partial charge in [0, 0.05) is 13.1 Å². The van der Waals surface area contributed by atoms with Crippen LogP contribution in [0.4, 0.5) is 4.39 Å². The lowest BCUT2D eigenvalue weighted by atomic mass is 9.83. The maximum absolute atomic E-state index is 13.3. The number of aliphatic carboxylic acids is 1. The van der Waals surface area contributed by atoms with E-state index >= 15 is 0 Å². The number of carboxylic acids is 1. The van der Waals surface area contributed by atoms with Crippen molar-refractivity contribution in [2.45, 2.75) is 39.7 Å². The summed E-state index contributed by atoms with van der Waals surface area (Å²) in [6, 6.07) is 4.79. The second-order valence-electron chi connectivity index (χ2n) is 5.87. The number of carboxylic acid groups (broad SMARTS) is 1. The van der Waals surface area contributed by atoms with E-state index in [9.17, 15) is 14.3 Å². The number of nitrogens with zero attached hydrogens (tertiary/aromatic N) is 1. The largest absolute Gasteiger partial charge is 0.481 e. The number of halogens is 1. The summed E-state index contributed by atoms with van der Waals surface area (Å²) in [5.74, 6) is -0.930. The Morgan fingerprint density at radius 1 is 1.50 bits per heavy atom. The zero-order chi connectivity index (χ0) is 14.8. The van der Waals surface area contributed by atoms with E-state index in [1.54, 1.807) is 12.1 Å². The summed E-state index contributed by atoms with van der Waals surface area (Å²) in [5.41, 5.74) is 1.38. The van der Waals surface area contributed by atoms with Gasteiger partial charge in [-0.2, -0.15) is 0 Å². The van der Waals surface area contributed by atoms with Gasteiger partial charge in [0.05, 0.1) is 5.41 Å². The Labute approximate surface area is 119 Å². The second-order valence-corrected chi connectivity index (χ2v) is 5.87. The molecule has 1 aromatic rings. The van der Waals surface area contributed by atoms with Crippen LogP contribution in [0, 0.1) is 18.2 Å². The van der Waals surface area contributed by atoms with E-state index in [-0.39, 0.29) is 5.82 Å². The number of hydrogen-bond acceptors (Lipinski definition) is 2. The number of likely N-dealkylation sites (tertiary alicyclic amines) is 1. The van der Waals surface area contributed by atoms with Crippen LogP contribution in [0.5, 0.6) is 0 Å². The molecule has 1 heterocycles. The highest BCUT2D eigenvalue weighted by Gasteiger charge is 2.43. The summed E-state index contributed by atoms with van der Waals surface area (Å²) >= 11 is 0.